The molecule has 168 valence electrons. The lowest BCUT2D eigenvalue weighted by Gasteiger charge is -2.10. The molecule has 3 rings (SSSR count). The topological polar surface area (TPSA) is 116 Å². The maximum Gasteiger partial charge on any atom is 0.339 e. The summed E-state index contributed by atoms with van der Waals surface area (Å²) in [4.78, 5) is 48.8. The van der Waals surface area contributed by atoms with Crippen LogP contribution < -0.4 is 5.32 Å². The van der Waals surface area contributed by atoms with Gasteiger partial charge < -0.3 is 10.1 Å². The normalized spacial score (nSPS) is 10.3. The van der Waals surface area contributed by atoms with Gasteiger partial charge in [-0.2, -0.15) is 0 Å². The highest BCUT2D eigenvalue weighted by atomic mass is 32.2. The molecule has 0 aliphatic carbocycles. The van der Waals surface area contributed by atoms with Crippen molar-refractivity contribution in [3.63, 3.8) is 0 Å². The first-order chi connectivity index (χ1) is 15.9. The zero-order chi connectivity index (χ0) is 23.8. The average molecular weight is 464 g/mol. The predicted octanol–water partition coefficient (Wildman–Crippen LogP) is 4.02. The minimum absolute atomic E-state index is 0.0263. The second-order valence-corrected chi connectivity index (χ2v) is 7.70. The summed E-state index contributed by atoms with van der Waals surface area (Å²) in [6.07, 6.45) is 1.70. The fraction of sp³-hybridized carbons (Fsp3) is 0.125. The number of carbonyl (C=O) groups is 3. The Bertz CT molecular complexity index is 1200. The SMILES string of the molecule is CSc1ccc(C(=O)c2ccccc2C(=O)OCC(=O)NCc2ccccc2)cc1[N+](=O)[O-]. The third kappa shape index (κ3) is 6.05. The summed E-state index contributed by atoms with van der Waals surface area (Å²) in [5, 5.41) is 14.0. The van der Waals surface area contributed by atoms with Crippen LogP contribution in [0.3, 0.4) is 0 Å². The number of nitro benzene ring substituents is 1. The monoisotopic (exact) mass is 464 g/mol. The quantitative estimate of drug-likeness (QED) is 0.167. The van der Waals surface area contributed by atoms with Crippen LogP contribution in [0.5, 0.6) is 0 Å². The predicted molar refractivity (Wildman–Crippen MR) is 123 cm³/mol. The zero-order valence-electron chi connectivity index (χ0n) is 17.6. The van der Waals surface area contributed by atoms with Crippen LogP contribution in [0, 0.1) is 10.1 Å². The molecule has 0 saturated heterocycles. The minimum Gasteiger partial charge on any atom is -0.452 e. The van der Waals surface area contributed by atoms with Crippen molar-refractivity contribution >= 4 is 35.1 Å². The summed E-state index contributed by atoms with van der Waals surface area (Å²) in [6, 6.07) is 19.4. The number of ether oxygens (including phenoxy) is 1. The Hall–Kier alpha value is -3.98. The number of benzene rings is 3. The van der Waals surface area contributed by atoms with Gasteiger partial charge in [0, 0.05) is 23.7 Å². The fourth-order valence-electron chi connectivity index (χ4n) is 3.04. The van der Waals surface area contributed by atoms with Crippen molar-refractivity contribution in [3.8, 4) is 0 Å². The number of carbonyl (C=O) groups excluding carboxylic acids is 3. The summed E-state index contributed by atoms with van der Waals surface area (Å²) in [6.45, 7) is -0.223. The van der Waals surface area contributed by atoms with Crippen LogP contribution in [0.25, 0.3) is 0 Å². The molecule has 0 radical (unpaired) electrons. The molecule has 0 atom stereocenters. The van der Waals surface area contributed by atoms with E-state index in [0.29, 0.717) is 4.90 Å². The molecule has 3 aromatic rings. The second-order valence-electron chi connectivity index (χ2n) is 6.86. The van der Waals surface area contributed by atoms with Gasteiger partial charge in [-0.1, -0.05) is 48.5 Å². The molecule has 1 amide bonds. The van der Waals surface area contributed by atoms with Crippen molar-refractivity contribution in [3.05, 3.63) is 105 Å². The largest absolute Gasteiger partial charge is 0.452 e. The van der Waals surface area contributed by atoms with Crippen LogP contribution >= 0.6 is 11.8 Å². The van der Waals surface area contributed by atoms with Gasteiger partial charge >= 0.3 is 5.97 Å². The molecule has 33 heavy (non-hydrogen) atoms. The molecule has 0 heterocycles. The van der Waals surface area contributed by atoms with Crippen LogP contribution in [-0.2, 0) is 16.1 Å². The van der Waals surface area contributed by atoms with Gasteiger partial charge in [0.25, 0.3) is 11.6 Å². The molecule has 0 aromatic heterocycles. The Kier molecular flexibility index (Phi) is 7.93. The highest BCUT2D eigenvalue weighted by Crippen LogP contribution is 2.29. The zero-order valence-corrected chi connectivity index (χ0v) is 18.5. The van der Waals surface area contributed by atoms with Gasteiger partial charge in [0.2, 0.25) is 0 Å². The molecule has 0 aliphatic rings. The first kappa shape index (κ1) is 23.7. The lowest BCUT2D eigenvalue weighted by atomic mass is 9.98. The van der Waals surface area contributed by atoms with Crippen molar-refractivity contribution in [1.29, 1.82) is 0 Å². The van der Waals surface area contributed by atoms with E-state index in [4.69, 9.17) is 4.74 Å². The van der Waals surface area contributed by atoms with Crippen molar-refractivity contribution in [2.45, 2.75) is 11.4 Å². The molecule has 9 heteroatoms. The smallest absolute Gasteiger partial charge is 0.339 e. The summed E-state index contributed by atoms with van der Waals surface area (Å²) in [5.74, 6) is -1.89. The molecule has 0 saturated carbocycles. The van der Waals surface area contributed by atoms with Gasteiger partial charge in [0.15, 0.2) is 12.4 Å². The van der Waals surface area contributed by atoms with E-state index in [-0.39, 0.29) is 28.9 Å². The fourth-order valence-corrected chi connectivity index (χ4v) is 3.59. The first-order valence-electron chi connectivity index (χ1n) is 9.84. The number of esters is 1. The summed E-state index contributed by atoms with van der Waals surface area (Å²) in [5.41, 5.74) is 0.770. The van der Waals surface area contributed by atoms with E-state index in [1.54, 1.807) is 18.4 Å². The van der Waals surface area contributed by atoms with Gasteiger partial charge in [-0.25, -0.2) is 4.79 Å². The van der Waals surface area contributed by atoms with Crippen LogP contribution in [0.4, 0.5) is 5.69 Å². The molecule has 8 nitrogen and oxygen atoms in total. The van der Waals surface area contributed by atoms with Crippen molar-refractivity contribution in [2.75, 3.05) is 12.9 Å². The highest BCUT2D eigenvalue weighted by Gasteiger charge is 2.22. The van der Waals surface area contributed by atoms with Crippen molar-refractivity contribution < 1.29 is 24.0 Å². The number of ketones is 1. The Morgan fingerprint density at radius 2 is 1.64 bits per heavy atom. The molecule has 0 unspecified atom stereocenters. The van der Waals surface area contributed by atoms with Gasteiger partial charge in [-0.05, 0) is 30.0 Å². The van der Waals surface area contributed by atoms with Crippen LogP contribution in [0.2, 0.25) is 0 Å². The third-order valence-electron chi connectivity index (χ3n) is 4.70. The molecule has 1 N–H and O–H groups in total. The maximum atomic E-state index is 13.0. The highest BCUT2D eigenvalue weighted by molar-refractivity contribution is 7.98. The van der Waals surface area contributed by atoms with Gasteiger partial charge in [-0.3, -0.25) is 19.7 Å². The van der Waals surface area contributed by atoms with Gasteiger partial charge in [-0.15, -0.1) is 11.8 Å². The third-order valence-corrected chi connectivity index (χ3v) is 5.48. The number of hydrogen-bond donors (Lipinski definition) is 1. The van der Waals surface area contributed by atoms with E-state index in [2.05, 4.69) is 5.32 Å². The Morgan fingerprint density at radius 1 is 0.970 bits per heavy atom. The van der Waals surface area contributed by atoms with E-state index in [9.17, 15) is 24.5 Å². The van der Waals surface area contributed by atoms with E-state index >= 15 is 0 Å². The summed E-state index contributed by atoms with van der Waals surface area (Å²) in [7, 11) is 0. The van der Waals surface area contributed by atoms with E-state index < -0.39 is 29.2 Å². The molecular formula is C24H20N2O6S. The number of nitrogens with zero attached hydrogens (tertiary/aromatic N) is 1. The molecule has 0 spiro atoms. The Labute approximate surface area is 194 Å². The van der Waals surface area contributed by atoms with Gasteiger partial charge in [0.1, 0.15) is 0 Å². The van der Waals surface area contributed by atoms with E-state index in [1.807, 2.05) is 30.3 Å². The second kappa shape index (κ2) is 11.1. The summed E-state index contributed by atoms with van der Waals surface area (Å²) < 4.78 is 5.09. The molecule has 0 fully saturated rings. The van der Waals surface area contributed by atoms with Gasteiger partial charge in [0.05, 0.1) is 15.4 Å². The number of hydrogen-bond acceptors (Lipinski definition) is 7. The van der Waals surface area contributed by atoms with Crippen LogP contribution in [0.1, 0.15) is 31.8 Å². The number of nitrogens with one attached hydrogen (secondary N) is 1. The Morgan fingerprint density at radius 3 is 2.30 bits per heavy atom. The standard InChI is InChI=1S/C24H20N2O6S/c1-33-21-12-11-17(13-20(21)26(30)31)23(28)18-9-5-6-10-19(18)24(29)32-15-22(27)25-14-16-7-3-2-4-8-16/h2-13H,14-15H2,1H3,(H,25,27). The van der Waals surface area contributed by atoms with Crippen molar-refractivity contribution in [1.82, 2.24) is 5.32 Å². The molecule has 0 aliphatic heterocycles. The minimum atomic E-state index is -0.843. The summed E-state index contributed by atoms with van der Waals surface area (Å²) >= 11 is 1.19. The van der Waals surface area contributed by atoms with E-state index in [0.717, 1.165) is 5.56 Å². The van der Waals surface area contributed by atoms with Crippen molar-refractivity contribution in [2.24, 2.45) is 0 Å². The molecule has 0 bridgehead atoms. The van der Waals surface area contributed by atoms with Crippen LogP contribution in [-0.4, -0.2) is 35.4 Å². The Balaban J connectivity index is 1.71. The number of thioether (sulfide) groups is 1. The lowest BCUT2D eigenvalue weighted by molar-refractivity contribution is -0.387. The van der Waals surface area contributed by atoms with Crippen LogP contribution in [0.15, 0.2) is 77.7 Å². The first-order valence-corrected chi connectivity index (χ1v) is 11.1. The average Bonchev–Trinajstić information content (AvgIpc) is 2.85. The van der Waals surface area contributed by atoms with E-state index in [1.165, 1.54) is 42.1 Å². The molecule has 3 aromatic carbocycles. The molecular weight excluding hydrogens is 444 g/mol. The maximum absolute atomic E-state index is 13.0. The number of amides is 1. The lowest BCUT2D eigenvalue weighted by Crippen LogP contribution is -2.28. The number of rotatable bonds is 9. The number of nitro groups is 1.